The molecule has 12 heteroatoms. The number of aromatic nitrogens is 4. The third kappa shape index (κ3) is 4.34. The number of anilines is 2. The third-order valence-electron chi connectivity index (χ3n) is 7.32. The molecule has 1 aromatic carbocycles. The summed E-state index contributed by atoms with van der Waals surface area (Å²) in [4.78, 5) is 52.5. The SMILES string of the molecule is Nc1ncnc2c1c1cc(CCC(=O)O)ccc1n2CC(=O)N1[C@@H]2C[C@@H]2C[C@H]1C(=O)Nc1cccc(Br)n1. The maximum atomic E-state index is 13.7. The molecule has 0 radical (unpaired) electrons. The average Bonchev–Trinajstić information content (AvgIpc) is 3.43. The van der Waals surface area contributed by atoms with Gasteiger partial charge < -0.3 is 25.6 Å². The Bertz CT molecular complexity index is 1620. The molecule has 2 amide bonds. The van der Waals surface area contributed by atoms with E-state index in [0.29, 0.717) is 40.2 Å². The molecular weight excluding hydrogens is 554 g/mol. The van der Waals surface area contributed by atoms with Crippen LogP contribution in [0.25, 0.3) is 21.9 Å². The second kappa shape index (κ2) is 9.35. The zero-order valence-electron chi connectivity index (χ0n) is 20.2. The number of hydrogen-bond acceptors (Lipinski definition) is 7. The molecule has 1 saturated heterocycles. The van der Waals surface area contributed by atoms with E-state index in [1.54, 1.807) is 27.7 Å². The lowest BCUT2D eigenvalue weighted by molar-refractivity contribution is -0.138. The van der Waals surface area contributed by atoms with Gasteiger partial charge in [-0.1, -0.05) is 12.1 Å². The Morgan fingerprint density at radius 1 is 1.16 bits per heavy atom. The molecular formula is C26H24BrN7O4. The number of nitrogens with zero attached hydrogens (tertiary/aromatic N) is 5. The second-order valence-electron chi connectivity index (χ2n) is 9.74. The van der Waals surface area contributed by atoms with E-state index in [1.165, 1.54) is 6.33 Å². The highest BCUT2D eigenvalue weighted by molar-refractivity contribution is 9.10. The van der Waals surface area contributed by atoms with Gasteiger partial charge in [0.15, 0.2) is 0 Å². The fourth-order valence-corrected chi connectivity index (χ4v) is 5.85. The largest absolute Gasteiger partial charge is 0.481 e. The number of likely N-dealkylation sites (tertiary alicyclic amines) is 1. The summed E-state index contributed by atoms with van der Waals surface area (Å²) in [5.41, 5.74) is 8.32. The molecule has 4 aromatic rings. The van der Waals surface area contributed by atoms with Gasteiger partial charge in [0.05, 0.1) is 10.9 Å². The molecule has 1 aliphatic carbocycles. The van der Waals surface area contributed by atoms with E-state index >= 15 is 0 Å². The molecule has 2 aliphatic rings. The first-order chi connectivity index (χ1) is 18.3. The normalized spacial score (nSPS) is 20.0. The van der Waals surface area contributed by atoms with Crippen LogP contribution in [-0.4, -0.2) is 59.4 Å². The van der Waals surface area contributed by atoms with Gasteiger partial charge in [0, 0.05) is 17.8 Å². The number of rotatable bonds is 7. The summed E-state index contributed by atoms with van der Waals surface area (Å²) in [7, 11) is 0. The van der Waals surface area contributed by atoms with Gasteiger partial charge in [-0.2, -0.15) is 0 Å². The number of benzene rings is 1. The molecule has 2 fully saturated rings. The van der Waals surface area contributed by atoms with Crippen LogP contribution in [0.2, 0.25) is 0 Å². The molecule has 3 atom stereocenters. The Morgan fingerprint density at radius 3 is 2.79 bits per heavy atom. The number of nitrogen functional groups attached to an aromatic ring is 1. The highest BCUT2D eigenvalue weighted by Crippen LogP contribution is 2.48. The summed E-state index contributed by atoms with van der Waals surface area (Å²) in [6.07, 6.45) is 3.23. The van der Waals surface area contributed by atoms with Crippen LogP contribution >= 0.6 is 15.9 Å². The zero-order valence-corrected chi connectivity index (χ0v) is 21.8. The quantitative estimate of drug-likeness (QED) is 0.283. The predicted molar refractivity (Wildman–Crippen MR) is 143 cm³/mol. The molecule has 3 aromatic heterocycles. The topological polar surface area (TPSA) is 156 Å². The molecule has 1 saturated carbocycles. The first-order valence-corrected chi connectivity index (χ1v) is 13.1. The Kier molecular flexibility index (Phi) is 5.98. The van der Waals surface area contributed by atoms with Crippen molar-refractivity contribution in [3.05, 3.63) is 52.9 Å². The highest BCUT2D eigenvalue weighted by atomic mass is 79.9. The van der Waals surface area contributed by atoms with Crippen LogP contribution in [0.3, 0.4) is 0 Å². The number of carboxylic acids is 1. The summed E-state index contributed by atoms with van der Waals surface area (Å²) in [6, 6.07) is 10.3. The first kappa shape index (κ1) is 24.3. The summed E-state index contributed by atoms with van der Waals surface area (Å²) in [5.74, 6) is -0.289. The van der Waals surface area contributed by atoms with Gasteiger partial charge in [0.25, 0.3) is 0 Å². The predicted octanol–water partition coefficient (Wildman–Crippen LogP) is 2.97. The number of pyridine rings is 1. The number of amides is 2. The minimum absolute atomic E-state index is 0.00500. The molecule has 0 bridgehead atoms. The van der Waals surface area contributed by atoms with Crippen LogP contribution < -0.4 is 11.1 Å². The molecule has 38 heavy (non-hydrogen) atoms. The van der Waals surface area contributed by atoms with Crippen molar-refractivity contribution in [2.24, 2.45) is 5.92 Å². The fraction of sp³-hybridized carbons (Fsp3) is 0.308. The number of nitrogens with one attached hydrogen (secondary N) is 1. The van der Waals surface area contributed by atoms with Crippen LogP contribution in [0.4, 0.5) is 11.6 Å². The van der Waals surface area contributed by atoms with Gasteiger partial charge in [0.1, 0.15) is 40.8 Å². The van der Waals surface area contributed by atoms with Gasteiger partial charge >= 0.3 is 5.97 Å². The van der Waals surface area contributed by atoms with E-state index in [1.807, 2.05) is 18.2 Å². The molecule has 194 valence electrons. The van der Waals surface area contributed by atoms with Crippen molar-refractivity contribution >= 4 is 67.3 Å². The number of halogens is 1. The zero-order chi connectivity index (χ0) is 26.6. The first-order valence-electron chi connectivity index (χ1n) is 12.3. The van der Waals surface area contributed by atoms with E-state index in [9.17, 15) is 14.4 Å². The molecule has 4 N–H and O–H groups in total. The summed E-state index contributed by atoms with van der Waals surface area (Å²) in [6.45, 7) is -0.0208. The van der Waals surface area contributed by atoms with Gasteiger partial charge in [0.2, 0.25) is 11.8 Å². The number of piperidine rings is 1. The van der Waals surface area contributed by atoms with E-state index < -0.39 is 12.0 Å². The number of aliphatic carboxylic acids is 1. The van der Waals surface area contributed by atoms with E-state index in [2.05, 4.69) is 36.2 Å². The van der Waals surface area contributed by atoms with Gasteiger partial charge in [-0.05, 0) is 70.9 Å². The summed E-state index contributed by atoms with van der Waals surface area (Å²) < 4.78 is 2.41. The molecule has 11 nitrogen and oxygen atoms in total. The Morgan fingerprint density at radius 2 is 2.00 bits per heavy atom. The van der Waals surface area contributed by atoms with Crippen LogP contribution in [0.1, 0.15) is 24.8 Å². The summed E-state index contributed by atoms with van der Waals surface area (Å²) >= 11 is 3.31. The number of nitrogens with two attached hydrogens (primary N) is 1. The lowest BCUT2D eigenvalue weighted by atomic mass is 10.1. The molecule has 4 heterocycles. The van der Waals surface area contributed by atoms with E-state index in [4.69, 9.17) is 10.8 Å². The van der Waals surface area contributed by atoms with Crippen molar-refractivity contribution in [2.75, 3.05) is 11.1 Å². The maximum absolute atomic E-state index is 13.7. The standard InChI is InChI=1S/C26H24BrN7O4/c27-19-2-1-3-20(31-19)32-26(38)18-10-14-9-17(14)34(18)21(35)11-33-16-6-4-13(5-7-22(36)37)8-15(16)23-24(28)29-12-30-25(23)33/h1-4,6,8,12,14,17-18H,5,7,9-11H2,(H,36,37)(H2,28,29,30)(H,31,32,38)/t14-,17-,18+/m1/s1. The Balaban J connectivity index is 1.31. The molecule has 0 unspecified atom stereocenters. The average molecular weight is 578 g/mol. The molecule has 1 aliphatic heterocycles. The Labute approximate surface area is 225 Å². The molecule has 6 rings (SSSR count). The van der Waals surface area contributed by atoms with Crippen molar-refractivity contribution in [2.45, 2.75) is 44.3 Å². The van der Waals surface area contributed by atoms with Crippen molar-refractivity contribution < 1.29 is 19.5 Å². The van der Waals surface area contributed by atoms with E-state index in [0.717, 1.165) is 22.9 Å². The van der Waals surface area contributed by atoms with E-state index in [-0.39, 0.29) is 36.6 Å². The van der Waals surface area contributed by atoms with Gasteiger partial charge in [-0.3, -0.25) is 14.4 Å². The van der Waals surface area contributed by atoms with Crippen molar-refractivity contribution in [3.8, 4) is 0 Å². The number of hydrogen-bond donors (Lipinski definition) is 3. The van der Waals surface area contributed by atoms with Crippen LogP contribution in [0.15, 0.2) is 47.3 Å². The lowest BCUT2D eigenvalue weighted by Crippen LogP contribution is -2.46. The minimum Gasteiger partial charge on any atom is -0.481 e. The number of fused-ring (bicyclic) bond motifs is 4. The number of carbonyl (C=O) groups is 3. The molecule has 0 spiro atoms. The number of carbonyl (C=O) groups excluding carboxylic acids is 2. The van der Waals surface area contributed by atoms with Gasteiger partial charge in [-0.25, -0.2) is 15.0 Å². The Hall–Kier alpha value is -4.06. The van der Waals surface area contributed by atoms with Crippen molar-refractivity contribution in [1.82, 2.24) is 24.4 Å². The summed E-state index contributed by atoms with van der Waals surface area (Å²) in [5, 5.41) is 13.3. The van der Waals surface area contributed by atoms with Crippen molar-refractivity contribution in [1.29, 1.82) is 0 Å². The van der Waals surface area contributed by atoms with Crippen LogP contribution in [0, 0.1) is 5.92 Å². The van der Waals surface area contributed by atoms with Crippen LogP contribution in [-0.2, 0) is 27.3 Å². The minimum atomic E-state index is -0.876. The number of aryl methyl sites for hydroxylation is 1. The highest BCUT2D eigenvalue weighted by Gasteiger charge is 2.56. The number of carboxylic acid groups (broad SMARTS) is 1. The second-order valence-corrected chi connectivity index (χ2v) is 10.6. The lowest BCUT2D eigenvalue weighted by Gasteiger charge is -2.27. The van der Waals surface area contributed by atoms with Gasteiger partial charge in [-0.15, -0.1) is 0 Å². The van der Waals surface area contributed by atoms with Crippen LogP contribution in [0.5, 0.6) is 0 Å². The fourth-order valence-electron chi connectivity index (χ4n) is 5.51. The van der Waals surface area contributed by atoms with Crippen molar-refractivity contribution in [3.63, 3.8) is 0 Å². The monoisotopic (exact) mass is 577 g/mol. The third-order valence-corrected chi connectivity index (χ3v) is 7.76. The smallest absolute Gasteiger partial charge is 0.303 e. The maximum Gasteiger partial charge on any atom is 0.303 e.